The van der Waals surface area contributed by atoms with Gasteiger partial charge in [0.2, 0.25) is 0 Å². The highest BCUT2D eigenvalue weighted by atomic mass is 16.6. The maximum absolute atomic E-state index is 8.23. The van der Waals surface area contributed by atoms with E-state index in [1.165, 1.54) is 0 Å². The van der Waals surface area contributed by atoms with E-state index < -0.39 is 6.29 Å². The predicted molar refractivity (Wildman–Crippen MR) is 16.6 cm³/mol. The lowest BCUT2D eigenvalue weighted by molar-refractivity contribution is -0.182. The number of rotatable bonds is 0. The zero-order valence-corrected chi connectivity index (χ0v) is 2.85. The summed E-state index contributed by atoms with van der Waals surface area (Å²) in [6.45, 7) is 0.737. The van der Waals surface area contributed by atoms with Gasteiger partial charge in [-0.15, -0.1) is 0 Å². The van der Waals surface area contributed by atoms with Crippen molar-refractivity contribution in [1.82, 2.24) is 0 Å². The van der Waals surface area contributed by atoms with Gasteiger partial charge in [-0.3, -0.25) is 0 Å². The van der Waals surface area contributed by atoms with Crippen molar-refractivity contribution in [2.75, 3.05) is 6.61 Å². The molecule has 0 amide bonds. The Morgan fingerprint density at radius 2 is 2.20 bits per heavy atom. The molecule has 0 aromatic heterocycles. The third-order valence-corrected chi connectivity index (χ3v) is 0.675. The van der Waals surface area contributed by atoms with Gasteiger partial charge in [0.15, 0.2) is 6.29 Å². The molecular weight excluding hydrogens is 68.0 g/mol. The van der Waals surface area contributed by atoms with Crippen LogP contribution in [0.25, 0.3) is 0 Å². The summed E-state index contributed by atoms with van der Waals surface area (Å²) < 4.78 is 4.49. The molecule has 0 bridgehead atoms. The highest BCUT2D eigenvalue weighted by molar-refractivity contribution is 4.49. The smallest absolute Gasteiger partial charge is 0.156 e. The Morgan fingerprint density at radius 1 is 1.80 bits per heavy atom. The maximum Gasteiger partial charge on any atom is 0.156 e. The molecule has 1 aliphatic rings. The largest absolute Gasteiger partial charge is 0.368 e. The van der Waals surface area contributed by atoms with Crippen LogP contribution < -0.4 is 0 Å². The van der Waals surface area contributed by atoms with Gasteiger partial charge < -0.3 is 9.84 Å². The molecule has 1 saturated heterocycles. The fraction of sp³-hybridized carbons (Fsp3) is 1.00. The molecule has 0 aromatic carbocycles. The maximum atomic E-state index is 8.23. The summed E-state index contributed by atoms with van der Waals surface area (Å²) in [6, 6.07) is 0. The van der Waals surface area contributed by atoms with Crippen LogP contribution >= 0.6 is 0 Å². The van der Waals surface area contributed by atoms with Crippen molar-refractivity contribution in [2.24, 2.45) is 0 Å². The first-order valence-corrected chi connectivity index (χ1v) is 1.69. The van der Waals surface area contributed by atoms with E-state index in [0.717, 1.165) is 13.0 Å². The van der Waals surface area contributed by atoms with Crippen molar-refractivity contribution in [3.05, 3.63) is 0 Å². The van der Waals surface area contributed by atoms with Crippen LogP contribution in [0.5, 0.6) is 0 Å². The van der Waals surface area contributed by atoms with Gasteiger partial charge in [-0.2, -0.15) is 0 Å². The van der Waals surface area contributed by atoms with Crippen LogP contribution in [-0.4, -0.2) is 18.0 Å². The number of hydrogen-bond donors (Lipinski definition) is 1. The molecule has 5 heavy (non-hydrogen) atoms. The highest BCUT2D eigenvalue weighted by Crippen LogP contribution is 2.04. The van der Waals surface area contributed by atoms with Crippen molar-refractivity contribution < 1.29 is 9.84 Å². The second kappa shape index (κ2) is 0.954. The Kier molecular flexibility index (Phi) is 0.596. The standard InChI is InChI=1S/C3H6O2/c4-3-1-2-5-3/h3-4H,1-2H2. The third kappa shape index (κ3) is 0.412. The molecule has 0 spiro atoms. The minimum absolute atomic E-state index is 0.435. The second-order valence-corrected chi connectivity index (χ2v) is 1.11. The van der Waals surface area contributed by atoms with Crippen molar-refractivity contribution in [1.29, 1.82) is 0 Å². The van der Waals surface area contributed by atoms with Crippen LogP contribution in [-0.2, 0) is 4.74 Å². The number of hydrogen-bond acceptors (Lipinski definition) is 2. The lowest BCUT2D eigenvalue weighted by atomic mass is 10.4. The van der Waals surface area contributed by atoms with E-state index in [1.54, 1.807) is 0 Å². The lowest BCUT2D eigenvalue weighted by Gasteiger charge is -2.19. The minimum atomic E-state index is -0.435. The molecule has 0 saturated carbocycles. The molecule has 2 nitrogen and oxygen atoms in total. The van der Waals surface area contributed by atoms with Gasteiger partial charge in [-0.25, -0.2) is 0 Å². The molecule has 30 valence electrons. The van der Waals surface area contributed by atoms with E-state index in [4.69, 9.17) is 5.11 Å². The van der Waals surface area contributed by atoms with Crippen LogP contribution in [0.4, 0.5) is 0 Å². The van der Waals surface area contributed by atoms with E-state index in [1.807, 2.05) is 0 Å². The summed E-state index contributed by atoms with van der Waals surface area (Å²) in [5.74, 6) is 0. The van der Waals surface area contributed by atoms with E-state index in [2.05, 4.69) is 4.74 Å². The summed E-state index contributed by atoms with van der Waals surface area (Å²) in [4.78, 5) is 0. The summed E-state index contributed by atoms with van der Waals surface area (Å²) in [5.41, 5.74) is 0. The van der Waals surface area contributed by atoms with Gasteiger partial charge >= 0.3 is 0 Å². The molecule has 1 aliphatic heterocycles. The van der Waals surface area contributed by atoms with E-state index in [0.29, 0.717) is 0 Å². The van der Waals surface area contributed by atoms with Crippen molar-refractivity contribution >= 4 is 0 Å². The molecule has 0 aromatic rings. The Bertz CT molecular complexity index is 31.9. The molecule has 1 N–H and O–H groups in total. The summed E-state index contributed by atoms with van der Waals surface area (Å²) >= 11 is 0. The molecule has 1 rings (SSSR count). The van der Waals surface area contributed by atoms with E-state index in [-0.39, 0.29) is 0 Å². The fourth-order valence-corrected chi connectivity index (χ4v) is 0.223. The highest BCUT2D eigenvalue weighted by Gasteiger charge is 2.11. The Morgan fingerprint density at radius 3 is 2.20 bits per heavy atom. The summed E-state index contributed by atoms with van der Waals surface area (Å²) in [6.07, 6.45) is 0.384. The first-order chi connectivity index (χ1) is 2.39. The Balaban J connectivity index is 2.08. The molecule has 0 aliphatic carbocycles. The van der Waals surface area contributed by atoms with Crippen molar-refractivity contribution in [2.45, 2.75) is 12.7 Å². The summed E-state index contributed by atoms with van der Waals surface area (Å²) in [5, 5.41) is 8.23. The van der Waals surface area contributed by atoms with E-state index in [9.17, 15) is 0 Å². The predicted octanol–water partition coefficient (Wildman–Crippen LogP) is -0.275. The van der Waals surface area contributed by atoms with Crippen molar-refractivity contribution in [3.63, 3.8) is 0 Å². The fourth-order valence-electron chi connectivity index (χ4n) is 0.223. The third-order valence-electron chi connectivity index (χ3n) is 0.675. The normalized spacial score (nSPS) is 36.6. The second-order valence-electron chi connectivity index (χ2n) is 1.11. The number of aliphatic hydroxyl groups excluding tert-OH is 1. The molecule has 1 fully saturated rings. The zero-order chi connectivity index (χ0) is 3.70. The van der Waals surface area contributed by atoms with Gasteiger partial charge in [0, 0.05) is 6.42 Å². The Hall–Kier alpha value is -0.0800. The number of ether oxygens (including phenoxy) is 1. The minimum Gasteiger partial charge on any atom is -0.368 e. The molecule has 1 heterocycles. The van der Waals surface area contributed by atoms with Gasteiger partial charge in [0.1, 0.15) is 0 Å². The summed E-state index contributed by atoms with van der Waals surface area (Å²) in [7, 11) is 0. The average Bonchev–Trinajstić information content (AvgIpc) is 1.30. The quantitative estimate of drug-likeness (QED) is 0.428. The lowest BCUT2D eigenvalue weighted by Crippen LogP contribution is -2.25. The number of aliphatic hydroxyl groups is 1. The van der Waals surface area contributed by atoms with Crippen LogP contribution in [0.3, 0.4) is 0 Å². The van der Waals surface area contributed by atoms with Gasteiger partial charge in [0.05, 0.1) is 6.61 Å². The average molecular weight is 74.1 g/mol. The van der Waals surface area contributed by atoms with Crippen LogP contribution in [0.2, 0.25) is 0 Å². The van der Waals surface area contributed by atoms with Crippen LogP contribution in [0.15, 0.2) is 0 Å². The molecule has 1 atom stereocenters. The van der Waals surface area contributed by atoms with Crippen LogP contribution in [0.1, 0.15) is 6.42 Å². The topological polar surface area (TPSA) is 29.5 Å². The van der Waals surface area contributed by atoms with Crippen LogP contribution in [0, 0.1) is 0 Å². The zero-order valence-electron chi connectivity index (χ0n) is 2.85. The monoisotopic (exact) mass is 74.0 g/mol. The molecule has 0 radical (unpaired) electrons. The van der Waals surface area contributed by atoms with Gasteiger partial charge in [0.25, 0.3) is 0 Å². The first kappa shape index (κ1) is 3.12. The van der Waals surface area contributed by atoms with Crippen molar-refractivity contribution in [3.8, 4) is 0 Å². The first-order valence-electron chi connectivity index (χ1n) is 1.69. The van der Waals surface area contributed by atoms with Gasteiger partial charge in [-0.1, -0.05) is 0 Å². The van der Waals surface area contributed by atoms with Gasteiger partial charge in [-0.05, 0) is 0 Å². The molecule has 1 unspecified atom stereocenters. The molecule has 2 heteroatoms. The molecular formula is C3H6O2. The Labute approximate surface area is 30.4 Å². The van der Waals surface area contributed by atoms with E-state index >= 15 is 0 Å². The SMILES string of the molecule is OC1CCO1.